The third kappa shape index (κ3) is 3.30. The largest absolute Gasteiger partial charge is 0.377 e. The number of hydrogen-bond donors (Lipinski definition) is 1. The molecule has 1 aromatic rings. The highest BCUT2D eigenvalue weighted by molar-refractivity contribution is 5.35. The number of aryl methyl sites for hydroxylation is 2. The van der Waals surface area contributed by atoms with Crippen molar-refractivity contribution in [3.63, 3.8) is 0 Å². The minimum absolute atomic E-state index is 0.00379. The minimum Gasteiger partial charge on any atom is -0.377 e. The molecule has 1 N–H and O–H groups in total. The molecular formula is C15H24FNO. The topological polar surface area (TPSA) is 21.3 Å². The van der Waals surface area contributed by atoms with Crippen molar-refractivity contribution in [1.82, 2.24) is 5.32 Å². The normalized spacial score (nSPS) is 14.6. The smallest absolute Gasteiger partial charge is 0.128 e. The number of benzene rings is 1. The maximum atomic E-state index is 14.2. The van der Waals surface area contributed by atoms with Gasteiger partial charge in [-0.25, -0.2) is 4.39 Å². The van der Waals surface area contributed by atoms with E-state index < -0.39 is 0 Å². The molecule has 0 aromatic heterocycles. The lowest BCUT2D eigenvalue weighted by Crippen LogP contribution is -2.32. The second kappa shape index (κ2) is 6.86. The Morgan fingerprint density at radius 3 is 2.39 bits per heavy atom. The predicted octanol–water partition coefficient (Wildman–Crippen LogP) is 3.52. The van der Waals surface area contributed by atoms with E-state index in [2.05, 4.69) is 12.2 Å². The van der Waals surface area contributed by atoms with Gasteiger partial charge in [0.05, 0.1) is 12.1 Å². The molecule has 1 aromatic carbocycles. The molecule has 0 aliphatic carbocycles. The van der Waals surface area contributed by atoms with Crippen LogP contribution in [0.5, 0.6) is 0 Å². The number of ether oxygens (including phenoxy) is 1. The van der Waals surface area contributed by atoms with Gasteiger partial charge in [0.2, 0.25) is 0 Å². The quantitative estimate of drug-likeness (QED) is 0.837. The molecule has 1 rings (SSSR count). The summed E-state index contributed by atoms with van der Waals surface area (Å²) in [6.45, 7) is 8.53. The van der Waals surface area contributed by atoms with Crippen LogP contribution < -0.4 is 5.32 Å². The average molecular weight is 253 g/mol. The standard InChI is InChI=1S/C15H24FNO/c1-6-13(18-7-2)15(17-5)14-11(4)8-10(3)9-12(14)16/h8-9,13,15,17H,6-7H2,1-5H3. The summed E-state index contributed by atoms with van der Waals surface area (Å²) in [5.74, 6) is -0.148. The van der Waals surface area contributed by atoms with Crippen LogP contribution in [0.1, 0.15) is 43.0 Å². The molecule has 0 saturated carbocycles. The summed E-state index contributed by atoms with van der Waals surface area (Å²) in [5, 5.41) is 3.19. The van der Waals surface area contributed by atoms with Crippen molar-refractivity contribution in [3.8, 4) is 0 Å². The first-order valence-corrected chi connectivity index (χ1v) is 6.60. The summed E-state index contributed by atoms with van der Waals surface area (Å²) >= 11 is 0. The second-order valence-electron chi connectivity index (χ2n) is 4.65. The molecule has 2 atom stereocenters. The van der Waals surface area contributed by atoms with Crippen LogP contribution in [0.3, 0.4) is 0 Å². The van der Waals surface area contributed by atoms with Gasteiger partial charge in [0.1, 0.15) is 5.82 Å². The molecule has 3 heteroatoms. The molecule has 18 heavy (non-hydrogen) atoms. The highest BCUT2D eigenvalue weighted by Crippen LogP contribution is 2.27. The molecule has 0 aliphatic heterocycles. The Morgan fingerprint density at radius 1 is 1.28 bits per heavy atom. The zero-order valence-electron chi connectivity index (χ0n) is 12.0. The summed E-state index contributed by atoms with van der Waals surface area (Å²) in [6, 6.07) is 3.50. The molecule has 0 fully saturated rings. The van der Waals surface area contributed by atoms with Crippen LogP contribution in [0, 0.1) is 19.7 Å². The summed E-state index contributed by atoms with van der Waals surface area (Å²) in [7, 11) is 1.85. The maximum absolute atomic E-state index is 14.2. The molecule has 2 nitrogen and oxygen atoms in total. The van der Waals surface area contributed by atoms with Gasteiger partial charge in [0.15, 0.2) is 0 Å². The molecule has 0 spiro atoms. The number of halogens is 1. The monoisotopic (exact) mass is 253 g/mol. The van der Waals surface area contributed by atoms with E-state index in [0.29, 0.717) is 6.61 Å². The average Bonchev–Trinajstić information content (AvgIpc) is 2.31. The Hall–Kier alpha value is -0.930. The molecule has 0 aliphatic rings. The van der Waals surface area contributed by atoms with Crippen LogP contribution >= 0.6 is 0 Å². The molecule has 0 radical (unpaired) electrons. The Bertz CT molecular complexity index is 369. The van der Waals surface area contributed by atoms with E-state index in [1.165, 1.54) is 0 Å². The Balaban J connectivity index is 3.15. The molecule has 2 unspecified atom stereocenters. The van der Waals surface area contributed by atoms with E-state index >= 15 is 0 Å². The first kappa shape index (κ1) is 15.1. The molecule has 102 valence electrons. The van der Waals surface area contributed by atoms with Crippen LogP contribution in [-0.2, 0) is 4.74 Å². The Labute approximate surface area is 110 Å². The van der Waals surface area contributed by atoms with Gasteiger partial charge < -0.3 is 10.1 Å². The van der Waals surface area contributed by atoms with Gasteiger partial charge >= 0.3 is 0 Å². The van der Waals surface area contributed by atoms with E-state index in [-0.39, 0.29) is 18.0 Å². The number of nitrogens with one attached hydrogen (secondary N) is 1. The Kier molecular flexibility index (Phi) is 5.76. The number of hydrogen-bond acceptors (Lipinski definition) is 2. The van der Waals surface area contributed by atoms with E-state index in [9.17, 15) is 4.39 Å². The van der Waals surface area contributed by atoms with Crippen LogP contribution in [-0.4, -0.2) is 19.8 Å². The zero-order chi connectivity index (χ0) is 13.7. The molecule has 0 amide bonds. The van der Waals surface area contributed by atoms with Gasteiger partial charge in [-0.1, -0.05) is 13.0 Å². The van der Waals surface area contributed by atoms with Crippen LogP contribution in [0.4, 0.5) is 4.39 Å². The lowest BCUT2D eigenvalue weighted by Gasteiger charge is -2.28. The minimum atomic E-state index is -0.148. The van der Waals surface area contributed by atoms with E-state index in [1.807, 2.05) is 33.9 Å². The highest BCUT2D eigenvalue weighted by atomic mass is 19.1. The molecule has 0 bridgehead atoms. The van der Waals surface area contributed by atoms with Crippen molar-refractivity contribution in [1.29, 1.82) is 0 Å². The first-order valence-electron chi connectivity index (χ1n) is 6.60. The summed E-state index contributed by atoms with van der Waals surface area (Å²) in [5.41, 5.74) is 2.65. The maximum Gasteiger partial charge on any atom is 0.128 e. The number of likely N-dealkylation sites (N-methyl/N-ethyl adjacent to an activating group) is 1. The van der Waals surface area contributed by atoms with E-state index in [0.717, 1.165) is 23.1 Å². The number of rotatable bonds is 6. The third-order valence-corrected chi connectivity index (χ3v) is 3.26. The fraction of sp³-hybridized carbons (Fsp3) is 0.600. The lowest BCUT2D eigenvalue weighted by molar-refractivity contribution is 0.0323. The van der Waals surface area contributed by atoms with Crippen molar-refractivity contribution >= 4 is 0 Å². The van der Waals surface area contributed by atoms with Gasteiger partial charge in [0.25, 0.3) is 0 Å². The molecule has 0 heterocycles. The third-order valence-electron chi connectivity index (χ3n) is 3.26. The Morgan fingerprint density at radius 2 is 1.94 bits per heavy atom. The van der Waals surface area contributed by atoms with E-state index in [4.69, 9.17) is 4.74 Å². The zero-order valence-corrected chi connectivity index (χ0v) is 12.0. The van der Waals surface area contributed by atoms with Crippen molar-refractivity contribution in [2.75, 3.05) is 13.7 Å². The van der Waals surface area contributed by atoms with Gasteiger partial charge in [-0.2, -0.15) is 0 Å². The first-order chi connectivity index (χ1) is 8.54. The van der Waals surface area contributed by atoms with Crippen LogP contribution in [0.25, 0.3) is 0 Å². The lowest BCUT2D eigenvalue weighted by atomic mass is 9.93. The van der Waals surface area contributed by atoms with Crippen LogP contribution in [0.15, 0.2) is 12.1 Å². The van der Waals surface area contributed by atoms with Gasteiger partial charge in [-0.3, -0.25) is 0 Å². The highest BCUT2D eigenvalue weighted by Gasteiger charge is 2.25. The summed E-state index contributed by atoms with van der Waals surface area (Å²) in [4.78, 5) is 0. The van der Waals surface area contributed by atoms with E-state index in [1.54, 1.807) is 6.07 Å². The molecule has 0 saturated heterocycles. The summed E-state index contributed by atoms with van der Waals surface area (Å²) < 4.78 is 19.9. The van der Waals surface area contributed by atoms with Crippen molar-refractivity contribution in [2.24, 2.45) is 0 Å². The van der Waals surface area contributed by atoms with Gasteiger partial charge in [-0.15, -0.1) is 0 Å². The predicted molar refractivity (Wildman–Crippen MR) is 73.4 cm³/mol. The van der Waals surface area contributed by atoms with Gasteiger partial charge in [-0.05, 0) is 51.4 Å². The van der Waals surface area contributed by atoms with Crippen LogP contribution in [0.2, 0.25) is 0 Å². The van der Waals surface area contributed by atoms with Gasteiger partial charge in [0, 0.05) is 12.2 Å². The second-order valence-corrected chi connectivity index (χ2v) is 4.65. The van der Waals surface area contributed by atoms with Crippen molar-refractivity contribution in [3.05, 3.63) is 34.6 Å². The SMILES string of the molecule is CCOC(CC)C(NC)c1c(C)cc(C)cc1F. The fourth-order valence-electron chi connectivity index (χ4n) is 2.50. The molecular weight excluding hydrogens is 229 g/mol. The van der Waals surface area contributed by atoms with Crippen molar-refractivity contribution < 1.29 is 9.13 Å². The van der Waals surface area contributed by atoms with Crippen molar-refractivity contribution in [2.45, 2.75) is 46.3 Å². The fourth-order valence-corrected chi connectivity index (χ4v) is 2.50. The summed E-state index contributed by atoms with van der Waals surface area (Å²) in [6.07, 6.45) is 0.849.